The van der Waals surface area contributed by atoms with Crippen LogP contribution in [0, 0.1) is 13.8 Å². The van der Waals surface area contributed by atoms with Crippen molar-refractivity contribution in [1.82, 2.24) is 4.90 Å². The van der Waals surface area contributed by atoms with E-state index in [1.165, 1.54) is 22.6 Å². The summed E-state index contributed by atoms with van der Waals surface area (Å²) in [7, 11) is 0. The molecule has 0 bridgehead atoms. The molecule has 1 fully saturated rings. The van der Waals surface area contributed by atoms with E-state index in [0.717, 1.165) is 30.6 Å². The first-order chi connectivity index (χ1) is 11.1. The lowest BCUT2D eigenvalue weighted by Gasteiger charge is -2.29. The van der Waals surface area contributed by atoms with Gasteiger partial charge in [0, 0.05) is 22.0 Å². The van der Waals surface area contributed by atoms with Crippen molar-refractivity contribution in [2.75, 3.05) is 11.9 Å². The number of likely N-dealkylation sites (tertiary alicyclic amines) is 1. The zero-order valence-corrected chi connectivity index (χ0v) is 14.7. The monoisotopic (exact) mass is 328 g/mol. The molecule has 3 rings (SSSR count). The molecule has 1 aliphatic heterocycles. The molecule has 0 radical (unpaired) electrons. The molecule has 0 unspecified atom stereocenters. The third-order valence-electron chi connectivity index (χ3n) is 4.49. The molecule has 1 aromatic heterocycles. The number of benzene rings is 1. The quantitative estimate of drug-likeness (QED) is 0.774. The summed E-state index contributed by atoms with van der Waals surface area (Å²) in [6.07, 6.45) is 4.54. The van der Waals surface area contributed by atoms with Crippen molar-refractivity contribution < 1.29 is 4.79 Å². The maximum Gasteiger partial charge on any atom is 0.322 e. The molecule has 1 aromatic carbocycles. The second-order valence-corrected chi connectivity index (χ2v) is 7.57. The predicted octanol–water partition coefficient (Wildman–Crippen LogP) is 5.51. The minimum absolute atomic E-state index is 0.0252. The fourth-order valence-corrected chi connectivity index (χ4v) is 4.20. The number of urea groups is 1. The maximum atomic E-state index is 12.9. The fourth-order valence-electron chi connectivity index (χ4n) is 3.18. The molecule has 1 aliphatic rings. The lowest BCUT2D eigenvalue weighted by atomic mass is 10.1. The molecule has 2 amide bonds. The first-order valence-corrected chi connectivity index (χ1v) is 9.16. The number of nitrogens with one attached hydrogen (secondary N) is 1. The summed E-state index contributed by atoms with van der Waals surface area (Å²) in [5.74, 6) is 0. The van der Waals surface area contributed by atoms with Crippen LogP contribution < -0.4 is 5.32 Å². The van der Waals surface area contributed by atoms with Crippen molar-refractivity contribution in [1.29, 1.82) is 0 Å². The van der Waals surface area contributed by atoms with E-state index < -0.39 is 0 Å². The zero-order valence-electron chi connectivity index (χ0n) is 13.8. The van der Waals surface area contributed by atoms with E-state index >= 15 is 0 Å². The largest absolute Gasteiger partial charge is 0.322 e. The smallest absolute Gasteiger partial charge is 0.317 e. The maximum absolute atomic E-state index is 12.9. The van der Waals surface area contributed by atoms with E-state index in [1.54, 1.807) is 0 Å². The lowest BCUT2D eigenvalue weighted by Crippen LogP contribution is -2.37. The van der Waals surface area contributed by atoms with Crippen LogP contribution in [-0.2, 0) is 0 Å². The van der Waals surface area contributed by atoms with Crippen molar-refractivity contribution in [2.24, 2.45) is 0 Å². The van der Waals surface area contributed by atoms with Crippen LogP contribution in [0.2, 0.25) is 0 Å². The van der Waals surface area contributed by atoms with E-state index in [4.69, 9.17) is 0 Å². The van der Waals surface area contributed by atoms with Crippen LogP contribution >= 0.6 is 11.3 Å². The summed E-state index contributed by atoms with van der Waals surface area (Å²) in [4.78, 5) is 17.5. The van der Waals surface area contributed by atoms with Gasteiger partial charge in [-0.2, -0.15) is 0 Å². The van der Waals surface area contributed by atoms with Crippen LogP contribution in [0.3, 0.4) is 0 Å². The fraction of sp³-hybridized carbons (Fsp3) is 0.421. The average molecular weight is 328 g/mol. The summed E-state index contributed by atoms with van der Waals surface area (Å²) < 4.78 is 0. The Morgan fingerprint density at radius 1 is 1.13 bits per heavy atom. The Labute approximate surface area is 142 Å². The highest BCUT2D eigenvalue weighted by Gasteiger charge is 2.28. The van der Waals surface area contributed by atoms with Gasteiger partial charge in [-0.05, 0) is 50.5 Å². The van der Waals surface area contributed by atoms with Gasteiger partial charge in [0.2, 0.25) is 0 Å². The number of hydrogen-bond donors (Lipinski definition) is 1. The van der Waals surface area contributed by atoms with Gasteiger partial charge in [0.15, 0.2) is 0 Å². The third kappa shape index (κ3) is 3.75. The van der Waals surface area contributed by atoms with Crippen molar-refractivity contribution in [3.8, 4) is 0 Å². The van der Waals surface area contributed by atoms with Crippen molar-refractivity contribution in [3.05, 3.63) is 51.7 Å². The van der Waals surface area contributed by atoms with Gasteiger partial charge in [-0.1, -0.05) is 31.0 Å². The second-order valence-electron chi connectivity index (χ2n) is 6.25. The number of para-hydroxylation sites is 1. The molecule has 0 aliphatic carbocycles. The van der Waals surface area contributed by atoms with Crippen LogP contribution in [0.15, 0.2) is 36.4 Å². The van der Waals surface area contributed by atoms with Crippen LogP contribution in [0.25, 0.3) is 0 Å². The second kappa shape index (κ2) is 7.18. The number of carbonyl (C=O) groups is 1. The highest BCUT2D eigenvalue weighted by atomic mass is 32.1. The minimum Gasteiger partial charge on any atom is -0.317 e. The number of hydrogen-bond acceptors (Lipinski definition) is 2. The summed E-state index contributed by atoms with van der Waals surface area (Å²) in [5, 5.41) is 3.11. The van der Waals surface area contributed by atoms with Crippen LogP contribution in [0.4, 0.5) is 10.5 Å². The number of thiophene rings is 1. The average Bonchev–Trinajstić information content (AvgIpc) is 2.82. The zero-order chi connectivity index (χ0) is 16.2. The van der Waals surface area contributed by atoms with Crippen LogP contribution in [0.1, 0.15) is 47.0 Å². The molecule has 1 N–H and O–H groups in total. The molecule has 0 spiro atoms. The van der Waals surface area contributed by atoms with Crippen molar-refractivity contribution in [3.63, 3.8) is 0 Å². The summed E-state index contributed by atoms with van der Waals surface area (Å²) in [5.41, 5.74) is 2.00. The molecule has 2 heterocycles. The molecule has 4 heteroatoms. The van der Waals surface area contributed by atoms with E-state index in [2.05, 4.69) is 24.4 Å². The first kappa shape index (κ1) is 16.1. The number of rotatable bonds is 2. The molecule has 1 atom stereocenters. The van der Waals surface area contributed by atoms with Gasteiger partial charge >= 0.3 is 6.03 Å². The molecule has 1 saturated heterocycles. The molecule has 0 saturated carbocycles. The number of anilines is 1. The van der Waals surface area contributed by atoms with E-state index in [1.807, 2.05) is 47.4 Å². The number of carbonyl (C=O) groups excluding carboxylic acids is 1. The Bertz CT molecular complexity index is 680. The topological polar surface area (TPSA) is 32.3 Å². The summed E-state index contributed by atoms with van der Waals surface area (Å²) in [6, 6.07) is 12.5. The normalized spacial score (nSPS) is 18.5. The highest BCUT2D eigenvalue weighted by Crippen LogP contribution is 2.34. The highest BCUT2D eigenvalue weighted by molar-refractivity contribution is 7.12. The molecular weight excluding hydrogens is 304 g/mol. The lowest BCUT2D eigenvalue weighted by molar-refractivity contribution is 0.190. The van der Waals surface area contributed by atoms with Gasteiger partial charge in [-0.15, -0.1) is 11.3 Å². The standard InChI is InChI=1S/C19H24N2OS/c1-14-8-5-6-9-16(14)20-19(22)21-13-7-3-4-10-17(21)18-12-11-15(2)23-18/h5-6,8-9,11-12,17H,3-4,7,10,13H2,1-2H3,(H,20,22)/t17-/m1/s1. The van der Waals surface area contributed by atoms with Gasteiger partial charge in [-0.25, -0.2) is 4.79 Å². The van der Waals surface area contributed by atoms with Crippen molar-refractivity contribution in [2.45, 2.75) is 45.6 Å². The first-order valence-electron chi connectivity index (χ1n) is 8.35. The minimum atomic E-state index is 0.0252. The predicted molar refractivity (Wildman–Crippen MR) is 97.2 cm³/mol. The SMILES string of the molecule is Cc1ccc([C@H]2CCCCCN2C(=O)Nc2ccccc2C)s1. The van der Waals surface area contributed by atoms with Gasteiger partial charge in [-0.3, -0.25) is 0 Å². The summed E-state index contributed by atoms with van der Waals surface area (Å²) >= 11 is 1.81. The molecule has 23 heavy (non-hydrogen) atoms. The Balaban J connectivity index is 1.81. The number of aryl methyl sites for hydroxylation is 2. The Hall–Kier alpha value is -1.81. The molecular formula is C19H24N2OS. The van der Waals surface area contributed by atoms with Crippen LogP contribution in [0.5, 0.6) is 0 Å². The van der Waals surface area contributed by atoms with Gasteiger partial charge in [0.25, 0.3) is 0 Å². The Kier molecular flexibility index (Phi) is 5.01. The van der Waals surface area contributed by atoms with Gasteiger partial charge < -0.3 is 10.2 Å². The molecule has 2 aromatic rings. The van der Waals surface area contributed by atoms with Crippen LogP contribution in [-0.4, -0.2) is 17.5 Å². The molecule has 122 valence electrons. The van der Waals surface area contributed by atoms with Crippen molar-refractivity contribution >= 4 is 23.1 Å². The Morgan fingerprint density at radius 3 is 2.70 bits per heavy atom. The molecule has 3 nitrogen and oxygen atoms in total. The van der Waals surface area contributed by atoms with E-state index in [0.29, 0.717) is 0 Å². The number of nitrogens with zero attached hydrogens (tertiary/aromatic N) is 1. The third-order valence-corrected chi connectivity index (χ3v) is 5.59. The Morgan fingerprint density at radius 2 is 1.96 bits per heavy atom. The van der Waals surface area contributed by atoms with Gasteiger partial charge in [0.1, 0.15) is 0 Å². The van der Waals surface area contributed by atoms with E-state index in [-0.39, 0.29) is 12.1 Å². The van der Waals surface area contributed by atoms with E-state index in [9.17, 15) is 4.79 Å². The summed E-state index contributed by atoms with van der Waals surface area (Å²) in [6.45, 7) is 4.99. The van der Waals surface area contributed by atoms with Gasteiger partial charge in [0.05, 0.1) is 6.04 Å². The number of amides is 2.